The molecule has 2 aromatic rings. The van der Waals surface area contributed by atoms with Crippen LogP contribution >= 0.6 is 28.3 Å². The maximum absolute atomic E-state index is 12.3. The predicted octanol–water partition coefficient (Wildman–Crippen LogP) is 3.18. The van der Waals surface area contributed by atoms with Gasteiger partial charge in [0, 0.05) is 6.20 Å². The number of halogens is 2. The molecule has 7 heteroatoms. The second kappa shape index (κ2) is 5.32. The highest BCUT2D eigenvalue weighted by molar-refractivity contribution is 9.10. The molecule has 0 bridgehead atoms. The Morgan fingerprint density at radius 3 is 2.73 bits per heavy atom. The van der Waals surface area contributed by atoms with Gasteiger partial charge in [-0.3, -0.25) is 0 Å². The Balaban J connectivity index is 0.000000531. The summed E-state index contributed by atoms with van der Waals surface area (Å²) in [6, 6.07) is 0. The van der Waals surface area contributed by atoms with Crippen LogP contribution in [0.15, 0.2) is 16.9 Å². The molecule has 0 atom stereocenters. The van der Waals surface area contributed by atoms with Crippen molar-refractivity contribution >= 4 is 45.0 Å². The van der Waals surface area contributed by atoms with E-state index in [-0.39, 0.29) is 12.3 Å². The first kappa shape index (κ1) is 12.3. The number of fused-ring (bicyclic) bond motifs is 1. The zero-order chi connectivity index (χ0) is 11.4. The monoisotopic (exact) mass is 292 g/mol. The van der Waals surface area contributed by atoms with E-state index in [2.05, 4.69) is 26.0 Å². The molecule has 15 heavy (non-hydrogen) atoms. The maximum Gasteiger partial charge on any atom is 0.188 e. The van der Waals surface area contributed by atoms with Gasteiger partial charge in [-0.15, -0.1) is 3.89 Å². The van der Waals surface area contributed by atoms with E-state index in [0.29, 0.717) is 21.2 Å². The third-order valence-corrected chi connectivity index (χ3v) is 2.61. The van der Waals surface area contributed by atoms with E-state index in [0.717, 1.165) is 4.09 Å². The molecule has 0 aromatic carbocycles. The molecule has 0 saturated heterocycles. The number of nitrogens with zero attached hydrogens (tertiary/aromatic N) is 3. The van der Waals surface area contributed by atoms with Gasteiger partial charge in [-0.2, -0.15) is 9.19 Å². The average Bonchev–Trinajstić information content (AvgIpc) is 2.71. The molecule has 0 aliphatic rings. The molecule has 0 aliphatic carbocycles. The van der Waals surface area contributed by atoms with E-state index in [1.54, 1.807) is 0 Å². The Labute approximate surface area is 99.6 Å². The van der Waals surface area contributed by atoms with Crippen LogP contribution in [-0.4, -0.2) is 14.2 Å². The molecular formula is C8H10BrFN4S. The van der Waals surface area contributed by atoms with Gasteiger partial charge in [0.15, 0.2) is 12.3 Å². The van der Waals surface area contributed by atoms with Gasteiger partial charge in [0.2, 0.25) is 0 Å². The Hall–Kier alpha value is -0.820. The number of rotatable bonds is 1. The first-order chi connectivity index (χ1) is 7.24. The van der Waals surface area contributed by atoms with Crippen molar-refractivity contribution in [1.29, 1.82) is 0 Å². The van der Waals surface area contributed by atoms with Gasteiger partial charge in [-0.1, -0.05) is 13.8 Å². The fraction of sp³-hybridized carbons (Fsp3) is 0.250. The van der Waals surface area contributed by atoms with Crippen LogP contribution in [-0.2, 0) is 0 Å². The van der Waals surface area contributed by atoms with E-state index in [4.69, 9.17) is 5.73 Å². The van der Waals surface area contributed by atoms with E-state index in [9.17, 15) is 3.89 Å². The average molecular weight is 293 g/mol. The molecule has 2 aromatic heterocycles. The number of aromatic nitrogens is 3. The molecule has 0 saturated carbocycles. The highest BCUT2D eigenvalue weighted by atomic mass is 79.9. The summed E-state index contributed by atoms with van der Waals surface area (Å²) in [5.41, 5.74) is 6.17. The van der Waals surface area contributed by atoms with Crippen LogP contribution in [0.5, 0.6) is 0 Å². The third kappa shape index (κ3) is 2.23. The number of hydrogen-bond donors (Lipinski definition) is 1. The first-order valence-electron chi connectivity index (χ1n) is 4.31. The molecule has 0 aliphatic heterocycles. The van der Waals surface area contributed by atoms with E-state index in [1.807, 2.05) is 13.8 Å². The number of hydrogen-bond acceptors (Lipinski definition) is 4. The molecule has 4 nitrogen and oxygen atoms in total. The first-order valence-corrected chi connectivity index (χ1v) is 5.77. The minimum absolute atomic E-state index is 0.0200. The normalized spacial score (nSPS) is 9.87. The van der Waals surface area contributed by atoms with Crippen LogP contribution in [0.4, 0.5) is 9.70 Å². The highest BCUT2D eigenvalue weighted by Crippen LogP contribution is 2.28. The largest absolute Gasteiger partial charge is 0.383 e. The second-order valence-electron chi connectivity index (χ2n) is 2.34. The molecule has 0 spiro atoms. The second-order valence-corrected chi connectivity index (χ2v) is 3.68. The zero-order valence-corrected chi connectivity index (χ0v) is 10.6. The SMILES string of the molecule is CC.Nc1ncc(Br)c2c1cnn2SF. The lowest BCUT2D eigenvalue weighted by Crippen LogP contribution is -1.92. The summed E-state index contributed by atoms with van der Waals surface area (Å²) in [7, 11) is 0. The smallest absolute Gasteiger partial charge is 0.188 e. The van der Waals surface area contributed by atoms with Crippen LogP contribution in [0.1, 0.15) is 13.8 Å². The topological polar surface area (TPSA) is 56.7 Å². The molecule has 2 N–H and O–H groups in total. The van der Waals surface area contributed by atoms with Crippen LogP contribution in [0.3, 0.4) is 0 Å². The Morgan fingerprint density at radius 2 is 2.13 bits per heavy atom. The molecule has 0 fully saturated rings. The van der Waals surface area contributed by atoms with Crippen molar-refractivity contribution < 1.29 is 3.89 Å². The van der Waals surface area contributed by atoms with E-state index in [1.165, 1.54) is 12.4 Å². The van der Waals surface area contributed by atoms with Crippen LogP contribution in [0.2, 0.25) is 0 Å². The number of nitrogen functional groups attached to an aromatic ring is 1. The summed E-state index contributed by atoms with van der Waals surface area (Å²) in [5.74, 6) is 0.346. The van der Waals surface area contributed by atoms with Gasteiger partial charge in [0.05, 0.1) is 16.1 Å². The summed E-state index contributed by atoms with van der Waals surface area (Å²) < 4.78 is 14.1. The molecule has 2 rings (SSSR count). The van der Waals surface area contributed by atoms with Crippen molar-refractivity contribution in [1.82, 2.24) is 14.2 Å². The summed E-state index contributed by atoms with van der Waals surface area (Å²) in [4.78, 5) is 3.90. The van der Waals surface area contributed by atoms with Crippen molar-refractivity contribution in [2.24, 2.45) is 0 Å². The minimum Gasteiger partial charge on any atom is -0.383 e. The van der Waals surface area contributed by atoms with Gasteiger partial charge in [0.1, 0.15) is 11.3 Å². The van der Waals surface area contributed by atoms with Crippen molar-refractivity contribution in [3.05, 3.63) is 16.9 Å². The summed E-state index contributed by atoms with van der Waals surface area (Å²) in [6.07, 6.45) is 3.00. The molecule has 0 amide bonds. The van der Waals surface area contributed by atoms with Crippen LogP contribution in [0.25, 0.3) is 10.9 Å². The Morgan fingerprint density at radius 1 is 1.47 bits per heavy atom. The fourth-order valence-electron chi connectivity index (χ4n) is 1.05. The Bertz CT molecular complexity index is 459. The van der Waals surface area contributed by atoms with Gasteiger partial charge < -0.3 is 5.73 Å². The lowest BCUT2D eigenvalue weighted by Gasteiger charge is -1.98. The molecule has 0 unspecified atom stereocenters. The van der Waals surface area contributed by atoms with Crippen LogP contribution < -0.4 is 5.73 Å². The standard InChI is InChI=1S/C6H4BrFN4S.C2H6/c7-4-2-10-6(9)3-1-11-12(13-8)5(3)4;1-2/h1-2H,(H2,9,10);1-2H3. The molecular weight excluding hydrogens is 283 g/mol. The lowest BCUT2D eigenvalue weighted by atomic mass is 10.3. The fourth-order valence-corrected chi connectivity index (χ4v) is 2.00. The highest BCUT2D eigenvalue weighted by Gasteiger charge is 2.10. The lowest BCUT2D eigenvalue weighted by molar-refractivity contribution is 0.888. The van der Waals surface area contributed by atoms with E-state index >= 15 is 0 Å². The van der Waals surface area contributed by atoms with Crippen molar-refractivity contribution in [3.63, 3.8) is 0 Å². The van der Waals surface area contributed by atoms with Crippen LogP contribution in [0, 0.1) is 0 Å². The summed E-state index contributed by atoms with van der Waals surface area (Å²) >= 11 is 3.26. The molecule has 82 valence electrons. The minimum atomic E-state index is 0.0200. The number of nitrogens with two attached hydrogens (primary N) is 1. The molecule has 0 radical (unpaired) electrons. The van der Waals surface area contributed by atoms with Gasteiger partial charge in [0.25, 0.3) is 0 Å². The third-order valence-electron chi connectivity index (χ3n) is 1.62. The van der Waals surface area contributed by atoms with Gasteiger partial charge in [-0.05, 0) is 15.9 Å². The quantitative estimate of drug-likeness (QED) is 0.877. The van der Waals surface area contributed by atoms with E-state index < -0.39 is 0 Å². The molecule has 2 heterocycles. The zero-order valence-electron chi connectivity index (χ0n) is 8.24. The summed E-state index contributed by atoms with van der Waals surface area (Å²) in [5, 5.41) is 4.43. The van der Waals surface area contributed by atoms with Gasteiger partial charge >= 0.3 is 0 Å². The van der Waals surface area contributed by atoms with Crippen molar-refractivity contribution in [3.8, 4) is 0 Å². The van der Waals surface area contributed by atoms with Crippen molar-refractivity contribution in [2.45, 2.75) is 13.8 Å². The van der Waals surface area contributed by atoms with Crippen molar-refractivity contribution in [2.75, 3.05) is 5.73 Å². The summed E-state index contributed by atoms with van der Waals surface area (Å²) in [6.45, 7) is 4.00. The maximum atomic E-state index is 12.3. The number of pyridine rings is 1. The predicted molar refractivity (Wildman–Crippen MR) is 65.1 cm³/mol. The number of anilines is 1. The Kier molecular flexibility index (Phi) is 4.34. The van der Waals surface area contributed by atoms with Gasteiger partial charge in [-0.25, -0.2) is 4.98 Å².